The summed E-state index contributed by atoms with van der Waals surface area (Å²) in [5, 5.41) is 3.07. The Morgan fingerprint density at radius 1 is 1.16 bits per heavy atom. The van der Waals surface area contributed by atoms with E-state index < -0.39 is 0 Å². The number of amides is 2. The zero-order valence-electron chi connectivity index (χ0n) is 15.0. The fraction of sp³-hybridized carbons (Fsp3) is 0.333. The first-order valence-corrected chi connectivity index (χ1v) is 8.74. The number of carbonyl (C=O) groups is 2. The van der Waals surface area contributed by atoms with Gasteiger partial charge < -0.3 is 10.2 Å². The third-order valence-corrected chi connectivity index (χ3v) is 4.74. The number of hydrogen-bond acceptors (Lipinski definition) is 2. The molecule has 25 heavy (non-hydrogen) atoms. The maximum Gasteiger partial charge on any atom is 0.251 e. The van der Waals surface area contributed by atoms with Crippen molar-refractivity contribution in [1.29, 1.82) is 0 Å². The van der Waals surface area contributed by atoms with Crippen LogP contribution in [0, 0.1) is 13.8 Å². The highest BCUT2D eigenvalue weighted by Crippen LogP contribution is 2.23. The summed E-state index contributed by atoms with van der Waals surface area (Å²) >= 11 is 0. The number of nitrogens with zero attached hydrogens (tertiary/aromatic N) is 1. The Bertz CT molecular complexity index is 813. The SMILES string of the molecule is Cc1ccc(C)c(C(C)NC(=O)c2cccc(N3CCCC3=O)c2)c1. The molecule has 3 rings (SSSR count). The van der Waals surface area contributed by atoms with E-state index in [1.807, 2.05) is 26.0 Å². The number of anilines is 1. The topological polar surface area (TPSA) is 49.4 Å². The van der Waals surface area contributed by atoms with Gasteiger partial charge in [0.05, 0.1) is 6.04 Å². The molecule has 0 aliphatic carbocycles. The van der Waals surface area contributed by atoms with Crippen LogP contribution in [0.3, 0.4) is 0 Å². The summed E-state index contributed by atoms with van der Waals surface area (Å²) in [6.07, 6.45) is 1.46. The quantitative estimate of drug-likeness (QED) is 0.920. The highest BCUT2D eigenvalue weighted by molar-refractivity contribution is 5.99. The summed E-state index contributed by atoms with van der Waals surface area (Å²) in [5.74, 6) is 0.00298. The average Bonchev–Trinajstić information content (AvgIpc) is 3.03. The van der Waals surface area contributed by atoms with Crippen molar-refractivity contribution in [2.75, 3.05) is 11.4 Å². The number of hydrogen-bond donors (Lipinski definition) is 1. The minimum atomic E-state index is -0.123. The van der Waals surface area contributed by atoms with Crippen LogP contribution >= 0.6 is 0 Å². The first kappa shape index (κ1) is 17.2. The maximum atomic E-state index is 12.7. The lowest BCUT2D eigenvalue weighted by Crippen LogP contribution is -2.28. The Balaban J connectivity index is 1.77. The molecule has 1 heterocycles. The Hall–Kier alpha value is -2.62. The van der Waals surface area contributed by atoms with Gasteiger partial charge in [-0.3, -0.25) is 9.59 Å². The Morgan fingerprint density at radius 3 is 2.68 bits per heavy atom. The van der Waals surface area contributed by atoms with Crippen molar-refractivity contribution < 1.29 is 9.59 Å². The van der Waals surface area contributed by atoms with E-state index in [2.05, 4.69) is 30.4 Å². The van der Waals surface area contributed by atoms with Crippen LogP contribution in [0.5, 0.6) is 0 Å². The lowest BCUT2D eigenvalue weighted by atomic mass is 9.99. The zero-order valence-corrected chi connectivity index (χ0v) is 15.0. The average molecular weight is 336 g/mol. The molecule has 1 aliphatic rings. The number of carbonyl (C=O) groups excluding carboxylic acids is 2. The third kappa shape index (κ3) is 3.73. The molecule has 1 fully saturated rings. The van der Waals surface area contributed by atoms with Gasteiger partial charge in [0.1, 0.15) is 0 Å². The van der Waals surface area contributed by atoms with E-state index in [9.17, 15) is 9.59 Å². The summed E-state index contributed by atoms with van der Waals surface area (Å²) in [4.78, 5) is 26.3. The zero-order chi connectivity index (χ0) is 18.0. The first-order valence-electron chi connectivity index (χ1n) is 8.74. The molecular formula is C21H24N2O2. The van der Waals surface area contributed by atoms with E-state index in [4.69, 9.17) is 0 Å². The van der Waals surface area contributed by atoms with E-state index in [0.29, 0.717) is 12.0 Å². The van der Waals surface area contributed by atoms with Crippen molar-refractivity contribution in [3.63, 3.8) is 0 Å². The number of aryl methyl sites for hydroxylation is 2. The molecule has 1 atom stereocenters. The number of nitrogens with one attached hydrogen (secondary N) is 1. The molecule has 4 nitrogen and oxygen atoms in total. The first-order chi connectivity index (χ1) is 12.0. The van der Waals surface area contributed by atoms with Crippen LogP contribution in [0.2, 0.25) is 0 Å². The maximum absolute atomic E-state index is 12.7. The van der Waals surface area contributed by atoms with Crippen LogP contribution in [0.25, 0.3) is 0 Å². The van der Waals surface area contributed by atoms with Gasteiger partial charge in [0, 0.05) is 24.2 Å². The molecule has 2 amide bonds. The van der Waals surface area contributed by atoms with Gasteiger partial charge in [-0.15, -0.1) is 0 Å². The summed E-state index contributed by atoms with van der Waals surface area (Å²) < 4.78 is 0. The van der Waals surface area contributed by atoms with Crippen LogP contribution in [-0.4, -0.2) is 18.4 Å². The second-order valence-electron chi connectivity index (χ2n) is 6.75. The number of rotatable bonds is 4. The monoisotopic (exact) mass is 336 g/mol. The van der Waals surface area contributed by atoms with Crippen LogP contribution in [0.1, 0.15) is 52.9 Å². The Labute approximate surface area is 148 Å². The molecule has 0 bridgehead atoms. The fourth-order valence-electron chi connectivity index (χ4n) is 3.32. The van der Waals surface area contributed by atoms with E-state index in [0.717, 1.165) is 29.8 Å². The minimum Gasteiger partial charge on any atom is -0.346 e. The molecule has 1 aliphatic heterocycles. The summed E-state index contributed by atoms with van der Waals surface area (Å²) in [6.45, 7) is 6.82. The summed E-state index contributed by atoms with van der Waals surface area (Å²) in [5.41, 5.74) is 4.84. The highest BCUT2D eigenvalue weighted by atomic mass is 16.2. The van der Waals surface area contributed by atoms with Crippen molar-refractivity contribution in [2.45, 2.75) is 39.7 Å². The van der Waals surface area contributed by atoms with Crippen molar-refractivity contribution in [3.8, 4) is 0 Å². The molecule has 2 aromatic rings. The van der Waals surface area contributed by atoms with E-state index in [1.165, 1.54) is 5.56 Å². The van der Waals surface area contributed by atoms with E-state index >= 15 is 0 Å². The molecule has 130 valence electrons. The van der Waals surface area contributed by atoms with Gasteiger partial charge in [0.2, 0.25) is 5.91 Å². The second-order valence-corrected chi connectivity index (χ2v) is 6.75. The molecule has 1 saturated heterocycles. The summed E-state index contributed by atoms with van der Waals surface area (Å²) in [6, 6.07) is 13.5. The van der Waals surface area contributed by atoms with Crippen LogP contribution in [-0.2, 0) is 4.79 Å². The lowest BCUT2D eigenvalue weighted by Gasteiger charge is -2.19. The Morgan fingerprint density at radius 2 is 1.96 bits per heavy atom. The molecular weight excluding hydrogens is 312 g/mol. The molecule has 0 saturated carbocycles. The molecule has 0 aromatic heterocycles. The van der Waals surface area contributed by atoms with Crippen molar-refractivity contribution in [1.82, 2.24) is 5.32 Å². The third-order valence-electron chi connectivity index (χ3n) is 4.74. The van der Waals surface area contributed by atoms with Gasteiger partial charge in [-0.1, -0.05) is 29.8 Å². The van der Waals surface area contributed by atoms with E-state index in [1.54, 1.807) is 17.0 Å². The molecule has 1 N–H and O–H groups in total. The number of benzene rings is 2. The minimum absolute atomic E-state index is 0.0792. The fourth-order valence-corrected chi connectivity index (χ4v) is 3.32. The van der Waals surface area contributed by atoms with Crippen molar-refractivity contribution in [3.05, 3.63) is 64.7 Å². The predicted octanol–water partition coefficient (Wildman–Crippen LogP) is 3.92. The molecule has 1 unspecified atom stereocenters. The van der Waals surface area contributed by atoms with Gasteiger partial charge in [-0.25, -0.2) is 0 Å². The van der Waals surface area contributed by atoms with Gasteiger partial charge in [0.25, 0.3) is 5.91 Å². The van der Waals surface area contributed by atoms with Crippen LogP contribution in [0.4, 0.5) is 5.69 Å². The van der Waals surface area contributed by atoms with Gasteiger partial charge >= 0.3 is 0 Å². The van der Waals surface area contributed by atoms with Gasteiger partial charge in [-0.2, -0.15) is 0 Å². The lowest BCUT2D eigenvalue weighted by molar-refractivity contribution is -0.117. The smallest absolute Gasteiger partial charge is 0.251 e. The standard InChI is InChI=1S/C21H24N2O2/c1-14-9-10-15(2)19(12-14)16(3)22-21(25)17-6-4-7-18(13-17)23-11-5-8-20(23)24/h4,6-7,9-10,12-13,16H,5,8,11H2,1-3H3,(H,22,25). The second kappa shape index (κ2) is 7.09. The van der Waals surface area contributed by atoms with Gasteiger partial charge in [0.15, 0.2) is 0 Å². The van der Waals surface area contributed by atoms with E-state index in [-0.39, 0.29) is 17.9 Å². The molecule has 0 spiro atoms. The van der Waals surface area contributed by atoms with Crippen LogP contribution < -0.4 is 10.2 Å². The normalized spacial score (nSPS) is 15.3. The highest BCUT2D eigenvalue weighted by Gasteiger charge is 2.22. The van der Waals surface area contributed by atoms with Gasteiger partial charge in [-0.05, 0) is 56.5 Å². The van der Waals surface area contributed by atoms with Crippen molar-refractivity contribution in [2.24, 2.45) is 0 Å². The molecule has 2 aromatic carbocycles. The van der Waals surface area contributed by atoms with Crippen molar-refractivity contribution >= 4 is 17.5 Å². The molecule has 0 radical (unpaired) electrons. The Kier molecular flexibility index (Phi) is 4.88. The predicted molar refractivity (Wildman–Crippen MR) is 99.8 cm³/mol. The van der Waals surface area contributed by atoms with Crippen LogP contribution in [0.15, 0.2) is 42.5 Å². The summed E-state index contributed by atoms with van der Waals surface area (Å²) in [7, 11) is 0. The molecule has 4 heteroatoms. The largest absolute Gasteiger partial charge is 0.346 e.